The van der Waals surface area contributed by atoms with Crippen LogP contribution in [0, 0.1) is 0 Å². The van der Waals surface area contributed by atoms with Crippen molar-refractivity contribution in [1.82, 2.24) is 0 Å². The monoisotopic (exact) mass is 196 g/mol. The molecule has 0 fully saturated rings. The fourth-order valence-electron chi connectivity index (χ4n) is 0.640. The summed E-state index contributed by atoms with van der Waals surface area (Å²) in [6, 6.07) is 1.46. The molecule has 0 saturated carbocycles. The average molecular weight is 196 g/mol. The summed E-state index contributed by atoms with van der Waals surface area (Å²) in [6.07, 6.45) is -4.61. The molecule has 0 saturated heterocycles. The van der Waals surface area contributed by atoms with E-state index in [0.717, 1.165) is 6.07 Å². The SMILES string of the molecule is OB(O)Oc1ccc(C(F)(F)F)o1. The summed E-state index contributed by atoms with van der Waals surface area (Å²) in [5, 5.41) is 16.4. The molecule has 2 N–H and O–H groups in total. The van der Waals surface area contributed by atoms with Gasteiger partial charge < -0.3 is 19.1 Å². The van der Waals surface area contributed by atoms with E-state index in [2.05, 4.69) is 9.07 Å². The molecule has 1 aromatic rings. The van der Waals surface area contributed by atoms with Gasteiger partial charge in [0.25, 0.3) is 5.95 Å². The lowest BCUT2D eigenvalue weighted by atomic mass is 10.3. The highest BCUT2D eigenvalue weighted by molar-refractivity contribution is 6.33. The molecule has 0 unspecified atom stereocenters. The van der Waals surface area contributed by atoms with Crippen LogP contribution < -0.4 is 4.65 Å². The van der Waals surface area contributed by atoms with E-state index in [9.17, 15) is 13.2 Å². The number of halogens is 3. The summed E-state index contributed by atoms with van der Waals surface area (Å²) < 4.78 is 43.7. The normalized spacial score (nSPS) is 11.5. The van der Waals surface area contributed by atoms with Crippen molar-refractivity contribution >= 4 is 7.32 Å². The molecule has 1 heterocycles. The molecule has 0 radical (unpaired) electrons. The van der Waals surface area contributed by atoms with Crippen molar-refractivity contribution in [3.8, 4) is 5.95 Å². The lowest BCUT2D eigenvalue weighted by molar-refractivity contribution is -0.153. The van der Waals surface area contributed by atoms with Crippen LogP contribution in [0.2, 0.25) is 0 Å². The summed E-state index contributed by atoms with van der Waals surface area (Å²) in [5.41, 5.74) is 0. The molecule has 13 heavy (non-hydrogen) atoms. The molecule has 1 aromatic heterocycles. The Hall–Kier alpha value is -1.15. The molecule has 0 aliphatic rings. The molecule has 0 aliphatic heterocycles. The topological polar surface area (TPSA) is 62.8 Å². The highest BCUT2D eigenvalue weighted by Gasteiger charge is 2.35. The zero-order chi connectivity index (χ0) is 10.1. The van der Waals surface area contributed by atoms with E-state index in [0.29, 0.717) is 6.07 Å². The number of alkyl halides is 3. The van der Waals surface area contributed by atoms with Crippen molar-refractivity contribution in [2.24, 2.45) is 0 Å². The Morgan fingerprint density at radius 3 is 2.31 bits per heavy atom. The van der Waals surface area contributed by atoms with Gasteiger partial charge >= 0.3 is 13.5 Å². The predicted octanol–water partition coefficient (Wildman–Crippen LogP) is 0.647. The lowest BCUT2D eigenvalue weighted by Gasteiger charge is -2.01. The quantitative estimate of drug-likeness (QED) is 0.681. The maximum Gasteiger partial charge on any atom is 0.709 e. The summed E-state index contributed by atoms with van der Waals surface area (Å²) >= 11 is 0. The third kappa shape index (κ3) is 2.67. The van der Waals surface area contributed by atoms with E-state index in [-0.39, 0.29) is 0 Å². The van der Waals surface area contributed by atoms with Gasteiger partial charge in [0.1, 0.15) is 0 Å². The van der Waals surface area contributed by atoms with Crippen LogP contribution in [-0.4, -0.2) is 17.4 Å². The lowest BCUT2D eigenvalue weighted by Crippen LogP contribution is -2.20. The molecule has 0 aliphatic carbocycles. The number of rotatable bonds is 2. The van der Waals surface area contributed by atoms with E-state index >= 15 is 0 Å². The maximum atomic E-state index is 11.9. The summed E-state index contributed by atoms with van der Waals surface area (Å²) in [6.45, 7) is 0. The maximum absolute atomic E-state index is 11.9. The predicted molar refractivity (Wildman–Crippen MR) is 34.5 cm³/mol. The molecule has 4 nitrogen and oxygen atoms in total. The summed E-state index contributed by atoms with van der Waals surface area (Å²) in [5.74, 6) is -1.87. The molecular weight excluding hydrogens is 192 g/mol. The Morgan fingerprint density at radius 2 is 1.92 bits per heavy atom. The molecule has 1 rings (SSSR count). The van der Waals surface area contributed by atoms with E-state index in [1.165, 1.54) is 0 Å². The van der Waals surface area contributed by atoms with Gasteiger partial charge in [-0.15, -0.1) is 0 Å². The molecule has 0 atom stereocenters. The van der Waals surface area contributed by atoms with Crippen LogP contribution in [-0.2, 0) is 6.18 Å². The smallest absolute Gasteiger partial charge is 0.485 e. The van der Waals surface area contributed by atoms with Crippen LogP contribution in [0.15, 0.2) is 16.5 Å². The molecule has 0 aromatic carbocycles. The molecule has 0 bridgehead atoms. The minimum absolute atomic E-state index is 0.609. The highest BCUT2D eigenvalue weighted by Crippen LogP contribution is 2.32. The van der Waals surface area contributed by atoms with Crippen molar-refractivity contribution in [1.29, 1.82) is 0 Å². The van der Waals surface area contributed by atoms with Gasteiger partial charge in [-0.2, -0.15) is 13.2 Å². The first-order valence-electron chi connectivity index (χ1n) is 3.09. The second kappa shape index (κ2) is 3.31. The Morgan fingerprint density at radius 1 is 1.31 bits per heavy atom. The van der Waals surface area contributed by atoms with Crippen molar-refractivity contribution in [2.45, 2.75) is 6.18 Å². The van der Waals surface area contributed by atoms with Crippen molar-refractivity contribution in [3.63, 3.8) is 0 Å². The van der Waals surface area contributed by atoms with Gasteiger partial charge in [-0.25, -0.2) is 0 Å². The van der Waals surface area contributed by atoms with Crippen LogP contribution in [0.25, 0.3) is 0 Å². The molecule has 0 amide bonds. The fraction of sp³-hybridized carbons (Fsp3) is 0.200. The highest BCUT2D eigenvalue weighted by atomic mass is 19.4. The third-order valence-electron chi connectivity index (χ3n) is 1.08. The Balaban J connectivity index is 2.75. The minimum Gasteiger partial charge on any atom is -0.485 e. The summed E-state index contributed by atoms with van der Waals surface area (Å²) in [7, 11) is -2.20. The van der Waals surface area contributed by atoms with Crippen LogP contribution in [0.1, 0.15) is 5.76 Å². The first-order chi connectivity index (χ1) is 5.89. The summed E-state index contributed by atoms with van der Waals surface area (Å²) in [4.78, 5) is 0. The van der Waals surface area contributed by atoms with E-state index in [1.807, 2.05) is 0 Å². The fourth-order valence-corrected chi connectivity index (χ4v) is 0.640. The molecular formula is C5H4BF3O4. The second-order valence-electron chi connectivity index (χ2n) is 2.06. The standard InChI is InChI=1S/C5H4BF3O4/c7-5(8,9)3-1-2-4(12-3)13-6(10)11/h1-2,10-11H. The Labute approximate surface area is 70.7 Å². The Bertz CT molecular complexity index is 282. The third-order valence-corrected chi connectivity index (χ3v) is 1.08. The zero-order valence-corrected chi connectivity index (χ0v) is 6.08. The number of furan rings is 1. The van der Waals surface area contributed by atoms with Gasteiger partial charge in [-0.05, 0) is 6.07 Å². The molecule has 72 valence electrons. The molecule has 0 spiro atoms. The van der Waals surface area contributed by atoms with Gasteiger partial charge in [-0.3, -0.25) is 0 Å². The van der Waals surface area contributed by atoms with Crippen LogP contribution in [0.5, 0.6) is 5.95 Å². The van der Waals surface area contributed by atoms with Crippen molar-refractivity contribution in [3.05, 3.63) is 17.9 Å². The largest absolute Gasteiger partial charge is 0.709 e. The van der Waals surface area contributed by atoms with Crippen LogP contribution in [0.3, 0.4) is 0 Å². The number of hydrogen-bond acceptors (Lipinski definition) is 4. The van der Waals surface area contributed by atoms with E-state index in [1.54, 1.807) is 0 Å². The van der Waals surface area contributed by atoms with Gasteiger partial charge in [0, 0.05) is 6.07 Å². The van der Waals surface area contributed by atoms with Gasteiger partial charge in [0.2, 0.25) is 5.76 Å². The minimum atomic E-state index is -4.61. The zero-order valence-electron chi connectivity index (χ0n) is 6.08. The van der Waals surface area contributed by atoms with E-state index < -0.39 is 25.2 Å². The first-order valence-corrected chi connectivity index (χ1v) is 3.09. The first kappa shape index (κ1) is 9.94. The van der Waals surface area contributed by atoms with Gasteiger partial charge in [0.05, 0.1) is 0 Å². The van der Waals surface area contributed by atoms with Gasteiger partial charge in [-0.1, -0.05) is 0 Å². The second-order valence-corrected chi connectivity index (χ2v) is 2.06. The van der Waals surface area contributed by atoms with E-state index in [4.69, 9.17) is 10.0 Å². The average Bonchev–Trinajstić information content (AvgIpc) is 2.32. The van der Waals surface area contributed by atoms with Gasteiger partial charge in [0.15, 0.2) is 0 Å². The van der Waals surface area contributed by atoms with Crippen LogP contribution >= 0.6 is 0 Å². The Kier molecular flexibility index (Phi) is 2.53. The van der Waals surface area contributed by atoms with Crippen molar-refractivity contribution in [2.75, 3.05) is 0 Å². The van der Waals surface area contributed by atoms with Crippen molar-refractivity contribution < 1.29 is 32.3 Å². The number of hydrogen-bond donors (Lipinski definition) is 2. The van der Waals surface area contributed by atoms with Crippen LogP contribution in [0.4, 0.5) is 13.2 Å². The molecule has 8 heteroatoms.